The second kappa shape index (κ2) is 13.7. The van der Waals surface area contributed by atoms with Crippen molar-refractivity contribution in [3.05, 3.63) is 172 Å². The number of nitrogens with one attached hydrogen (secondary N) is 1. The van der Waals surface area contributed by atoms with Crippen LogP contribution in [0.4, 0.5) is 15.8 Å². The summed E-state index contributed by atoms with van der Waals surface area (Å²) in [7, 11) is 0. The molecule has 284 valence electrons. The van der Waals surface area contributed by atoms with Gasteiger partial charge in [-0.1, -0.05) is 83.9 Å². The number of halogens is 2. The quantitative estimate of drug-likeness (QED) is 0.0978. The van der Waals surface area contributed by atoms with Crippen LogP contribution in [-0.2, 0) is 24.6 Å². The Bertz CT molecular complexity index is 2520. The van der Waals surface area contributed by atoms with Crippen molar-refractivity contribution in [2.45, 2.75) is 31.1 Å². The van der Waals surface area contributed by atoms with Crippen molar-refractivity contribution in [2.24, 2.45) is 23.7 Å². The lowest BCUT2D eigenvalue weighted by atomic mass is 9.49. The number of aryl methyl sites for hydroxylation is 1. The molecule has 11 heteroatoms. The summed E-state index contributed by atoms with van der Waals surface area (Å²) in [5, 5.41) is 13.2. The average molecular weight is 780 g/mol. The van der Waals surface area contributed by atoms with Crippen LogP contribution in [-0.4, -0.2) is 39.5 Å². The first-order valence-corrected chi connectivity index (χ1v) is 19.1. The molecule has 2 aliphatic carbocycles. The maximum absolute atomic E-state index is 15.3. The van der Waals surface area contributed by atoms with Gasteiger partial charge in [-0.25, -0.2) is 4.39 Å². The fourth-order valence-corrected chi connectivity index (χ4v) is 9.81. The lowest BCUT2D eigenvalue weighted by Crippen LogP contribution is -2.53. The van der Waals surface area contributed by atoms with Gasteiger partial charge in [-0.05, 0) is 97.5 Å². The van der Waals surface area contributed by atoms with E-state index in [1.54, 1.807) is 97.9 Å². The van der Waals surface area contributed by atoms with E-state index in [1.165, 1.54) is 29.2 Å². The number of fused-ring (bicyclic) bond motifs is 4. The molecule has 3 fully saturated rings. The third-order valence-electron chi connectivity index (χ3n) is 12.3. The van der Waals surface area contributed by atoms with Gasteiger partial charge in [0.15, 0.2) is 5.78 Å². The molecular weight excluding hydrogens is 745 g/mol. The van der Waals surface area contributed by atoms with E-state index in [0.717, 1.165) is 5.01 Å². The van der Waals surface area contributed by atoms with E-state index in [2.05, 4.69) is 5.43 Å². The number of carbonyl (C=O) groups excluding carboxylic acids is 5. The molecule has 2 aliphatic heterocycles. The van der Waals surface area contributed by atoms with Crippen LogP contribution in [0.15, 0.2) is 133 Å². The zero-order valence-corrected chi connectivity index (χ0v) is 31.3. The number of phenols is 1. The third kappa shape index (κ3) is 5.53. The number of imide groups is 2. The highest BCUT2D eigenvalue weighted by molar-refractivity contribution is 6.30. The third-order valence-corrected chi connectivity index (χ3v) is 12.5. The zero-order chi connectivity index (χ0) is 39.7. The van der Waals surface area contributed by atoms with Crippen molar-refractivity contribution in [2.75, 3.05) is 10.3 Å². The largest absolute Gasteiger partial charge is 0.507 e. The van der Waals surface area contributed by atoms with Crippen LogP contribution in [0.1, 0.15) is 51.4 Å². The number of hydrogen-bond acceptors (Lipinski definition) is 7. The molecule has 4 amide bonds. The maximum Gasteiger partial charge on any atom is 0.260 e. The zero-order valence-electron chi connectivity index (χ0n) is 30.6. The van der Waals surface area contributed by atoms with E-state index in [-0.39, 0.29) is 30.3 Å². The molecule has 1 saturated carbocycles. The number of ketones is 1. The Morgan fingerprint density at radius 1 is 0.789 bits per heavy atom. The summed E-state index contributed by atoms with van der Waals surface area (Å²) in [5.41, 5.74) is 4.98. The Morgan fingerprint density at radius 3 is 2.18 bits per heavy atom. The first kappa shape index (κ1) is 36.3. The second-order valence-electron chi connectivity index (χ2n) is 15.1. The second-order valence-corrected chi connectivity index (χ2v) is 15.6. The topological polar surface area (TPSA) is 124 Å². The first-order chi connectivity index (χ1) is 27.5. The predicted molar refractivity (Wildman–Crippen MR) is 211 cm³/mol. The number of rotatable bonds is 7. The Hall–Kier alpha value is -6.39. The minimum absolute atomic E-state index is 0.0439. The summed E-state index contributed by atoms with van der Waals surface area (Å²) in [5.74, 6) is -7.01. The van der Waals surface area contributed by atoms with Gasteiger partial charge in [0.05, 0.1) is 34.5 Å². The van der Waals surface area contributed by atoms with E-state index in [9.17, 15) is 28.7 Å². The molecule has 5 aromatic carbocycles. The summed E-state index contributed by atoms with van der Waals surface area (Å²) < 4.78 is 13.9. The fraction of sp³-hybridized carbons (Fsp3) is 0.196. The average Bonchev–Trinajstić information content (AvgIpc) is 3.60. The molecule has 9 nitrogen and oxygen atoms in total. The summed E-state index contributed by atoms with van der Waals surface area (Å²) in [6.07, 6.45) is 2.14. The molecule has 0 aromatic heterocycles. The number of aromatic hydroxyl groups is 1. The number of hydrogen-bond donors (Lipinski definition) is 2. The van der Waals surface area contributed by atoms with Gasteiger partial charge >= 0.3 is 0 Å². The predicted octanol–water partition coefficient (Wildman–Crippen LogP) is 7.91. The molecular formula is C46H35ClFN3O6. The van der Waals surface area contributed by atoms with Gasteiger partial charge in [0.2, 0.25) is 11.8 Å². The fourth-order valence-electron chi connectivity index (χ4n) is 9.69. The van der Waals surface area contributed by atoms with Crippen molar-refractivity contribution in [3.63, 3.8) is 0 Å². The smallest absolute Gasteiger partial charge is 0.260 e. The van der Waals surface area contributed by atoms with E-state index in [1.807, 2.05) is 12.1 Å². The van der Waals surface area contributed by atoms with Gasteiger partial charge in [0.1, 0.15) is 11.6 Å². The Morgan fingerprint density at radius 2 is 1.47 bits per heavy atom. The number of amides is 4. The van der Waals surface area contributed by atoms with Crippen LogP contribution in [0.25, 0.3) is 0 Å². The molecule has 9 rings (SSSR count). The van der Waals surface area contributed by atoms with E-state index >= 15 is 4.79 Å². The monoisotopic (exact) mass is 779 g/mol. The number of anilines is 2. The molecule has 6 atom stereocenters. The molecule has 6 unspecified atom stereocenters. The molecule has 4 aliphatic rings. The summed E-state index contributed by atoms with van der Waals surface area (Å²) in [4.78, 5) is 73.4. The number of benzene rings is 5. The van der Waals surface area contributed by atoms with Crippen LogP contribution >= 0.6 is 11.6 Å². The van der Waals surface area contributed by atoms with Gasteiger partial charge in [0.25, 0.3) is 11.8 Å². The van der Waals surface area contributed by atoms with Crippen LogP contribution in [0.2, 0.25) is 5.02 Å². The Balaban J connectivity index is 1.16. The number of phenolic OH excluding ortho intramolecular Hbond substituents is 1. The summed E-state index contributed by atoms with van der Waals surface area (Å²) in [6.45, 7) is 1.75. The van der Waals surface area contributed by atoms with Crippen molar-refractivity contribution in [3.8, 4) is 5.75 Å². The van der Waals surface area contributed by atoms with E-state index < -0.39 is 58.5 Å². The molecule has 57 heavy (non-hydrogen) atoms. The van der Waals surface area contributed by atoms with E-state index in [4.69, 9.17) is 11.6 Å². The lowest BCUT2D eigenvalue weighted by molar-refractivity contribution is -0.138. The molecule has 2 saturated heterocycles. The van der Waals surface area contributed by atoms with Crippen LogP contribution in [0.3, 0.4) is 0 Å². The Labute approximate surface area is 332 Å². The lowest BCUT2D eigenvalue weighted by Gasteiger charge is -2.50. The SMILES string of the molecule is Cc1cccc(C2C3=CCC4C(=O)N(c5ccc(C(=O)c6ccccc6)cc5)C(=O)C4C3CC3C(=O)N(Nc4ccc(F)cc4)C(=O)C32c2ccc(Cl)cc2)c1O. The number of carbonyl (C=O) groups is 5. The van der Waals surface area contributed by atoms with Crippen LogP contribution < -0.4 is 10.3 Å². The molecule has 0 spiro atoms. The molecule has 2 N–H and O–H groups in total. The summed E-state index contributed by atoms with van der Waals surface area (Å²) in [6, 6.07) is 32.4. The molecule has 0 bridgehead atoms. The molecule has 0 radical (unpaired) electrons. The van der Waals surface area contributed by atoms with Crippen LogP contribution in [0, 0.1) is 36.4 Å². The first-order valence-electron chi connectivity index (χ1n) is 18.7. The highest BCUT2D eigenvalue weighted by Gasteiger charge is 2.70. The number of allylic oxidation sites excluding steroid dienone is 2. The Kier molecular flexibility index (Phi) is 8.69. The number of para-hydroxylation sites is 1. The van der Waals surface area contributed by atoms with Crippen LogP contribution in [0.5, 0.6) is 5.75 Å². The van der Waals surface area contributed by atoms with Crippen molar-refractivity contribution in [1.29, 1.82) is 0 Å². The number of nitrogens with zero attached hydrogens (tertiary/aromatic N) is 2. The molecule has 2 heterocycles. The van der Waals surface area contributed by atoms with E-state index in [0.29, 0.717) is 49.8 Å². The standard InChI is InChI=1S/C46H35ClFN3O6/c1-25-6-5-9-35(40(25)52)39-33-22-23-34-38(44(56)50(42(34)54)32-20-10-27(11-21-32)41(53)26-7-3-2-4-8-26)36(33)24-37-43(55)51(49-31-18-16-30(48)17-19-31)45(57)46(37,39)28-12-14-29(47)15-13-28/h2-22,34,36-39,49,52H,23-24H2,1H3. The minimum Gasteiger partial charge on any atom is -0.507 e. The summed E-state index contributed by atoms with van der Waals surface area (Å²) >= 11 is 6.37. The number of hydrazine groups is 1. The van der Waals surface area contributed by atoms with Gasteiger partial charge < -0.3 is 5.11 Å². The van der Waals surface area contributed by atoms with Gasteiger partial charge in [-0.3, -0.25) is 34.3 Å². The highest BCUT2D eigenvalue weighted by atomic mass is 35.5. The van der Waals surface area contributed by atoms with Crippen molar-refractivity contribution < 1.29 is 33.5 Å². The van der Waals surface area contributed by atoms with Gasteiger partial charge in [-0.15, -0.1) is 0 Å². The van der Waals surface area contributed by atoms with Gasteiger partial charge in [-0.2, -0.15) is 5.01 Å². The molecule has 5 aromatic rings. The van der Waals surface area contributed by atoms with Crippen molar-refractivity contribution >= 4 is 52.4 Å². The maximum atomic E-state index is 15.3. The van der Waals surface area contributed by atoms with Gasteiger partial charge in [0, 0.05) is 27.6 Å². The normalized spacial score (nSPS) is 25.2. The highest BCUT2D eigenvalue weighted by Crippen LogP contribution is 2.65. The minimum atomic E-state index is -1.62. The van der Waals surface area contributed by atoms with Crippen molar-refractivity contribution in [1.82, 2.24) is 5.01 Å².